The second-order valence-electron chi connectivity index (χ2n) is 5.87. The first kappa shape index (κ1) is 17.5. The average molecular weight is 353 g/mol. The Morgan fingerprint density at radius 3 is 2.77 bits per heavy atom. The number of hydrogen-bond donors (Lipinski definition) is 1. The predicted molar refractivity (Wildman–Crippen MR) is 93.4 cm³/mol. The third kappa shape index (κ3) is 4.19. The molecule has 0 bridgehead atoms. The topological polar surface area (TPSA) is 102 Å². The third-order valence-corrected chi connectivity index (χ3v) is 4.20. The van der Waals surface area contributed by atoms with Crippen molar-refractivity contribution in [2.24, 2.45) is 0 Å². The molecule has 0 unspecified atom stereocenters. The van der Waals surface area contributed by atoms with E-state index in [0.717, 1.165) is 5.82 Å². The number of carbonyl (C=O) groups is 2. The second-order valence-corrected chi connectivity index (χ2v) is 5.87. The number of amides is 2. The maximum Gasteiger partial charge on any atom is 0.286 e. The van der Waals surface area contributed by atoms with Crippen LogP contribution < -0.4 is 10.2 Å². The normalized spacial score (nSPS) is 14.0. The van der Waals surface area contributed by atoms with E-state index >= 15 is 0 Å². The predicted octanol–water partition coefficient (Wildman–Crippen LogP) is 1.01. The first-order valence-electron chi connectivity index (χ1n) is 8.38. The Labute approximate surface area is 151 Å². The maximum atomic E-state index is 12.3. The molecule has 0 spiro atoms. The van der Waals surface area contributed by atoms with E-state index in [0.29, 0.717) is 31.7 Å². The minimum atomic E-state index is -0.323. The maximum absolute atomic E-state index is 12.3. The van der Waals surface area contributed by atoms with Crippen LogP contribution in [0.3, 0.4) is 0 Å². The Hall–Kier alpha value is -3.34. The lowest BCUT2D eigenvalue weighted by molar-refractivity contribution is -0.131. The van der Waals surface area contributed by atoms with E-state index < -0.39 is 0 Å². The molecule has 1 aliphatic rings. The van der Waals surface area contributed by atoms with Crippen molar-refractivity contribution in [1.29, 1.82) is 5.26 Å². The first-order chi connectivity index (χ1) is 12.7. The quantitative estimate of drug-likeness (QED) is 0.861. The molecule has 3 rings (SSSR count). The lowest BCUT2D eigenvalue weighted by Crippen LogP contribution is -2.49. The van der Waals surface area contributed by atoms with E-state index in [9.17, 15) is 9.59 Å². The Balaban J connectivity index is 1.43. The summed E-state index contributed by atoms with van der Waals surface area (Å²) in [6.45, 7) is 2.76. The van der Waals surface area contributed by atoms with Gasteiger partial charge in [-0.3, -0.25) is 9.59 Å². The van der Waals surface area contributed by atoms with Gasteiger partial charge in [0.2, 0.25) is 5.91 Å². The number of aromatic nitrogens is 1. The monoisotopic (exact) mass is 353 g/mol. The Morgan fingerprint density at radius 1 is 1.27 bits per heavy atom. The lowest BCUT2D eigenvalue weighted by atomic mass is 10.2. The van der Waals surface area contributed by atoms with Gasteiger partial charge in [0, 0.05) is 45.3 Å². The fourth-order valence-electron chi connectivity index (χ4n) is 2.78. The van der Waals surface area contributed by atoms with Crippen molar-refractivity contribution in [1.82, 2.24) is 15.2 Å². The molecule has 0 aliphatic carbocycles. The highest BCUT2D eigenvalue weighted by atomic mass is 16.3. The number of nitrogens with zero attached hydrogens (tertiary/aromatic N) is 4. The Bertz CT molecular complexity index is 804. The van der Waals surface area contributed by atoms with Crippen LogP contribution in [0.4, 0.5) is 5.82 Å². The zero-order valence-electron chi connectivity index (χ0n) is 14.2. The van der Waals surface area contributed by atoms with Crippen LogP contribution in [-0.2, 0) is 4.79 Å². The molecule has 3 heterocycles. The molecule has 1 aliphatic heterocycles. The summed E-state index contributed by atoms with van der Waals surface area (Å²) in [6, 6.07) is 8.74. The van der Waals surface area contributed by atoms with E-state index in [-0.39, 0.29) is 30.5 Å². The second kappa shape index (κ2) is 8.16. The van der Waals surface area contributed by atoms with Gasteiger partial charge in [0.15, 0.2) is 5.76 Å². The smallest absolute Gasteiger partial charge is 0.286 e. The minimum absolute atomic E-state index is 0.00290. The average Bonchev–Trinajstić information content (AvgIpc) is 3.23. The molecular formula is C18H19N5O3. The number of furan rings is 1. The molecule has 2 aromatic heterocycles. The van der Waals surface area contributed by atoms with Crippen molar-refractivity contribution in [3.05, 3.63) is 48.0 Å². The van der Waals surface area contributed by atoms with E-state index in [1.54, 1.807) is 35.4 Å². The van der Waals surface area contributed by atoms with Gasteiger partial charge in [0.05, 0.1) is 17.9 Å². The highest BCUT2D eigenvalue weighted by Crippen LogP contribution is 2.15. The number of nitrogens with one attached hydrogen (secondary N) is 1. The van der Waals surface area contributed by atoms with Gasteiger partial charge in [-0.05, 0) is 24.3 Å². The van der Waals surface area contributed by atoms with Crippen molar-refractivity contribution in [3.63, 3.8) is 0 Å². The number of hydrogen-bond acceptors (Lipinski definition) is 6. The standard InChI is InChI=1S/C18H19N5O3/c19-13-14-3-5-20-16(12-14)22-7-9-23(10-8-22)17(24)4-6-21-18(25)15-2-1-11-26-15/h1-3,5,11-12H,4,6-10H2,(H,21,25). The zero-order valence-corrected chi connectivity index (χ0v) is 14.2. The van der Waals surface area contributed by atoms with Crippen LogP contribution in [0.2, 0.25) is 0 Å². The number of rotatable bonds is 5. The van der Waals surface area contributed by atoms with E-state index in [2.05, 4.69) is 21.3 Å². The summed E-state index contributed by atoms with van der Waals surface area (Å²) in [5, 5.41) is 11.6. The summed E-state index contributed by atoms with van der Waals surface area (Å²) < 4.78 is 5.00. The summed E-state index contributed by atoms with van der Waals surface area (Å²) in [5.74, 6) is 0.666. The van der Waals surface area contributed by atoms with Gasteiger partial charge in [-0.2, -0.15) is 5.26 Å². The van der Waals surface area contributed by atoms with Crippen LogP contribution in [0.5, 0.6) is 0 Å². The molecular weight excluding hydrogens is 334 g/mol. The number of nitriles is 1. The zero-order chi connectivity index (χ0) is 18.4. The molecule has 26 heavy (non-hydrogen) atoms. The third-order valence-electron chi connectivity index (χ3n) is 4.20. The van der Waals surface area contributed by atoms with Gasteiger partial charge in [0.1, 0.15) is 5.82 Å². The van der Waals surface area contributed by atoms with Crippen molar-refractivity contribution in [2.45, 2.75) is 6.42 Å². The van der Waals surface area contributed by atoms with Crippen LogP contribution in [0.1, 0.15) is 22.5 Å². The molecule has 8 heteroatoms. The summed E-state index contributed by atoms with van der Waals surface area (Å²) >= 11 is 0. The van der Waals surface area contributed by atoms with Crippen molar-refractivity contribution in [2.75, 3.05) is 37.6 Å². The van der Waals surface area contributed by atoms with Crippen LogP contribution in [0.15, 0.2) is 41.1 Å². The van der Waals surface area contributed by atoms with Gasteiger partial charge >= 0.3 is 0 Å². The van der Waals surface area contributed by atoms with Crippen LogP contribution in [-0.4, -0.2) is 54.4 Å². The molecule has 2 amide bonds. The minimum Gasteiger partial charge on any atom is -0.459 e. The number of carbonyl (C=O) groups excluding carboxylic acids is 2. The molecule has 1 saturated heterocycles. The molecule has 1 fully saturated rings. The Kier molecular flexibility index (Phi) is 5.49. The van der Waals surface area contributed by atoms with Gasteiger partial charge in [0.25, 0.3) is 5.91 Å². The molecule has 1 N–H and O–H groups in total. The van der Waals surface area contributed by atoms with Gasteiger partial charge < -0.3 is 19.5 Å². The number of anilines is 1. The fourth-order valence-corrected chi connectivity index (χ4v) is 2.78. The van der Waals surface area contributed by atoms with Gasteiger partial charge in [-0.1, -0.05) is 0 Å². The SMILES string of the molecule is N#Cc1ccnc(N2CCN(C(=O)CCNC(=O)c3ccco3)CC2)c1. The van der Waals surface area contributed by atoms with Crippen molar-refractivity contribution < 1.29 is 14.0 Å². The van der Waals surface area contributed by atoms with Gasteiger partial charge in [-0.25, -0.2) is 4.98 Å². The van der Waals surface area contributed by atoms with Crippen LogP contribution in [0, 0.1) is 11.3 Å². The molecule has 2 aromatic rings. The summed E-state index contributed by atoms with van der Waals surface area (Å²) in [6.07, 6.45) is 3.29. The molecule has 0 atom stereocenters. The fraction of sp³-hybridized carbons (Fsp3) is 0.333. The summed E-state index contributed by atoms with van der Waals surface area (Å²) in [5.41, 5.74) is 0.570. The summed E-state index contributed by atoms with van der Waals surface area (Å²) in [7, 11) is 0. The molecule has 134 valence electrons. The van der Waals surface area contributed by atoms with Crippen molar-refractivity contribution in [3.8, 4) is 6.07 Å². The lowest BCUT2D eigenvalue weighted by Gasteiger charge is -2.35. The van der Waals surface area contributed by atoms with Gasteiger partial charge in [-0.15, -0.1) is 0 Å². The number of pyridine rings is 1. The van der Waals surface area contributed by atoms with Crippen LogP contribution in [0.25, 0.3) is 0 Å². The molecule has 8 nitrogen and oxygen atoms in total. The summed E-state index contributed by atoms with van der Waals surface area (Å²) in [4.78, 5) is 32.2. The Morgan fingerprint density at radius 2 is 2.08 bits per heavy atom. The molecule has 0 radical (unpaired) electrons. The first-order valence-corrected chi connectivity index (χ1v) is 8.38. The highest BCUT2D eigenvalue weighted by molar-refractivity contribution is 5.91. The largest absolute Gasteiger partial charge is 0.459 e. The number of piperazine rings is 1. The molecule has 0 aromatic carbocycles. The molecule has 0 saturated carbocycles. The van der Waals surface area contributed by atoms with E-state index in [4.69, 9.17) is 9.68 Å². The van der Waals surface area contributed by atoms with Crippen LogP contribution >= 0.6 is 0 Å². The van der Waals surface area contributed by atoms with E-state index in [1.807, 2.05) is 0 Å². The van der Waals surface area contributed by atoms with Crippen molar-refractivity contribution >= 4 is 17.6 Å². The van der Waals surface area contributed by atoms with E-state index in [1.165, 1.54) is 6.26 Å². The highest BCUT2D eigenvalue weighted by Gasteiger charge is 2.22.